The second-order valence-corrected chi connectivity index (χ2v) is 9.84. The van der Waals surface area contributed by atoms with E-state index in [1.54, 1.807) is 0 Å². The topological polar surface area (TPSA) is 0 Å². The minimum absolute atomic E-state index is 0.0365. The number of halogens is 2. The molecule has 0 amide bonds. The molecule has 2 aliphatic carbocycles. The van der Waals surface area contributed by atoms with Gasteiger partial charge in [-0.25, -0.2) is 8.78 Å². The average molecular weight is 415 g/mol. The van der Waals surface area contributed by atoms with Gasteiger partial charge in [-0.1, -0.05) is 64.2 Å². The Morgan fingerprint density at radius 1 is 0.800 bits per heavy atom. The van der Waals surface area contributed by atoms with Gasteiger partial charge in [0.15, 0.2) is 0 Å². The van der Waals surface area contributed by atoms with Crippen molar-refractivity contribution < 1.29 is 8.78 Å². The zero-order valence-corrected chi connectivity index (χ0v) is 19.1. The molecule has 166 valence electrons. The van der Waals surface area contributed by atoms with Gasteiger partial charge in [-0.15, -0.1) is 0 Å². The molecule has 1 aromatic carbocycles. The number of rotatable bonds is 7. The van der Waals surface area contributed by atoms with E-state index >= 15 is 0 Å². The Morgan fingerprint density at radius 3 is 1.97 bits per heavy atom. The SMILES string of the molecule is CCCCCc1cc(F)c(C#CC2CCC([C@H]3CC[C@H](CCC)CC3)CC2)c(F)c1. The minimum atomic E-state index is -0.494. The Kier molecular flexibility index (Phi) is 9.23. The van der Waals surface area contributed by atoms with Crippen LogP contribution in [-0.4, -0.2) is 0 Å². The molecule has 0 aliphatic heterocycles. The number of unbranched alkanes of at least 4 members (excludes halogenated alkanes) is 2. The molecule has 3 rings (SSSR count). The van der Waals surface area contributed by atoms with Crippen molar-refractivity contribution in [3.05, 3.63) is 34.9 Å². The van der Waals surface area contributed by atoms with Gasteiger partial charge in [-0.3, -0.25) is 0 Å². The molecule has 0 N–H and O–H groups in total. The van der Waals surface area contributed by atoms with Crippen LogP contribution in [0.1, 0.15) is 108 Å². The Balaban J connectivity index is 1.50. The monoisotopic (exact) mass is 414 g/mol. The summed E-state index contributed by atoms with van der Waals surface area (Å²) in [6.07, 6.45) is 17.0. The molecule has 2 heteroatoms. The van der Waals surface area contributed by atoms with Gasteiger partial charge in [0.05, 0.1) is 5.56 Å². The highest BCUT2D eigenvalue weighted by Crippen LogP contribution is 2.42. The zero-order valence-electron chi connectivity index (χ0n) is 19.1. The second kappa shape index (κ2) is 11.9. The molecule has 0 atom stereocenters. The molecule has 2 aliphatic rings. The molecule has 0 heterocycles. The average Bonchev–Trinajstić information content (AvgIpc) is 2.75. The third-order valence-corrected chi connectivity index (χ3v) is 7.60. The number of hydrogen-bond acceptors (Lipinski definition) is 0. The van der Waals surface area contributed by atoms with E-state index in [4.69, 9.17) is 0 Å². The van der Waals surface area contributed by atoms with Crippen molar-refractivity contribution >= 4 is 0 Å². The fraction of sp³-hybridized carbons (Fsp3) is 0.714. The fourth-order valence-electron chi connectivity index (χ4n) is 5.73. The van der Waals surface area contributed by atoms with Crippen molar-refractivity contribution in [2.45, 2.75) is 104 Å². The van der Waals surface area contributed by atoms with Crippen LogP contribution in [0.5, 0.6) is 0 Å². The summed E-state index contributed by atoms with van der Waals surface area (Å²) >= 11 is 0. The first-order valence-electron chi connectivity index (χ1n) is 12.6. The van der Waals surface area contributed by atoms with Gasteiger partial charge in [0.2, 0.25) is 0 Å². The maximum absolute atomic E-state index is 14.4. The Morgan fingerprint density at radius 2 is 1.40 bits per heavy atom. The smallest absolute Gasteiger partial charge is 0.142 e. The van der Waals surface area contributed by atoms with E-state index in [0.717, 1.165) is 61.8 Å². The third-order valence-electron chi connectivity index (χ3n) is 7.60. The maximum Gasteiger partial charge on any atom is 0.142 e. The molecule has 0 radical (unpaired) electrons. The van der Waals surface area contributed by atoms with Crippen molar-refractivity contribution in [3.63, 3.8) is 0 Å². The van der Waals surface area contributed by atoms with Crippen LogP contribution in [0.25, 0.3) is 0 Å². The Labute approximate surface area is 183 Å². The predicted octanol–water partition coefficient (Wildman–Crippen LogP) is 8.46. The molecule has 0 nitrogen and oxygen atoms in total. The van der Waals surface area contributed by atoms with Gasteiger partial charge in [-0.2, -0.15) is 0 Å². The van der Waals surface area contributed by atoms with Gasteiger partial charge in [-0.05, 0) is 86.8 Å². The lowest BCUT2D eigenvalue weighted by atomic mass is 9.69. The highest BCUT2D eigenvalue weighted by atomic mass is 19.1. The summed E-state index contributed by atoms with van der Waals surface area (Å²) in [5.41, 5.74) is 0.712. The summed E-state index contributed by atoms with van der Waals surface area (Å²) in [7, 11) is 0. The van der Waals surface area contributed by atoms with Crippen molar-refractivity contribution in [1.82, 2.24) is 0 Å². The standard InChI is InChI=1S/C28H40F2/c1-3-5-6-8-23-19-27(29)26(28(30)20-23)18-13-22-11-16-25(17-12-22)24-14-9-21(7-4-2)10-15-24/h19-22,24-25H,3-12,14-17H2,1-2H3/t21-,22?,24-,25?. The first-order chi connectivity index (χ1) is 14.6. The second-order valence-electron chi connectivity index (χ2n) is 9.84. The molecular weight excluding hydrogens is 374 g/mol. The van der Waals surface area contributed by atoms with E-state index < -0.39 is 11.6 Å². The maximum atomic E-state index is 14.4. The molecule has 0 bridgehead atoms. The molecule has 1 aromatic rings. The quantitative estimate of drug-likeness (QED) is 0.310. The molecule has 0 unspecified atom stereocenters. The molecule has 0 aromatic heterocycles. The summed E-state index contributed by atoms with van der Waals surface area (Å²) in [5, 5.41) is 0. The summed E-state index contributed by atoms with van der Waals surface area (Å²) in [6.45, 7) is 4.43. The van der Waals surface area contributed by atoms with Crippen LogP contribution in [0.15, 0.2) is 12.1 Å². The van der Waals surface area contributed by atoms with Gasteiger partial charge in [0.1, 0.15) is 11.6 Å². The molecule has 2 fully saturated rings. The largest absolute Gasteiger partial charge is 0.206 e. The van der Waals surface area contributed by atoms with Crippen LogP contribution in [0.3, 0.4) is 0 Å². The van der Waals surface area contributed by atoms with E-state index in [1.165, 1.54) is 63.5 Å². The number of hydrogen-bond donors (Lipinski definition) is 0. The van der Waals surface area contributed by atoms with Crippen LogP contribution < -0.4 is 0 Å². The molecular formula is C28H40F2. The van der Waals surface area contributed by atoms with Gasteiger partial charge < -0.3 is 0 Å². The lowest BCUT2D eigenvalue weighted by molar-refractivity contribution is 0.154. The molecule has 30 heavy (non-hydrogen) atoms. The van der Waals surface area contributed by atoms with E-state index in [0.29, 0.717) is 5.92 Å². The van der Waals surface area contributed by atoms with Crippen LogP contribution >= 0.6 is 0 Å². The van der Waals surface area contributed by atoms with Crippen molar-refractivity contribution in [2.75, 3.05) is 0 Å². The normalized spacial score (nSPS) is 26.8. The van der Waals surface area contributed by atoms with Crippen LogP contribution in [0.4, 0.5) is 8.78 Å². The van der Waals surface area contributed by atoms with E-state index in [-0.39, 0.29) is 5.56 Å². The molecule has 0 spiro atoms. The van der Waals surface area contributed by atoms with Crippen LogP contribution in [0, 0.1) is 47.1 Å². The van der Waals surface area contributed by atoms with Gasteiger partial charge in [0, 0.05) is 5.92 Å². The van der Waals surface area contributed by atoms with Crippen molar-refractivity contribution in [3.8, 4) is 11.8 Å². The summed E-state index contributed by atoms with van der Waals surface area (Å²) in [6, 6.07) is 2.96. The predicted molar refractivity (Wildman–Crippen MR) is 122 cm³/mol. The minimum Gasteiger partial charge on any atom is -0.206 e. The summed E-state index contributed by atoms with van der Waals surface area (Å²) in [5.74, 6) is 8.09. The lowest BCUT2D eigenvalue weighted by Gasteiger charge is -2.37. The number of aryl methyl sites for hydroxylation is 1. The number of benzene rings is 1. The Bertz CT molecular complexity index is 687. The van der Waals surface area contributed by atoms with Crippen molar-refractivity contribution in [1.29, 1.82) is 0 Å². The Hall–Kier alpha value is -1.36. The van der Waals surface area contributed by atoms with Crippen LogP contribution in [0.2, 0.25) is 0 Å². The first-order valence-corrected chi connectivity index (χ1v) is 12.6. The van der Waals surface area contributed by atoms with Crippen molar-refractivity contribution in [2.24, 2.45) is 23.7 Å². The third kappa shape index (κ3) is 6.57. The molecule has 2 saturated carbocycles. The summed E-state index contributed by atoms with van der Waals surface area (Å²) < 4.78 is 28.8. The highest BCUT2D eigenvalue weighted by Gasteiger charge is 2.30. The molecule has 0 saturated heterocycles. The van der Waals surface area contributed by atoms with Crippen LogP contribution in [-0.2, 0) is 6.42 Å². The summed E-state index contributed by atoms with van der Waals surface area (Å²) in [4.78, 5) is 0. The van der Waals surface area contributed by atoms with E-state index in [1.807, 2.05) is 0 Å². The first kappa shape index (κ1) is 23.3. The van der Waals surface area contributed by atoms with Gasteiger partial charge >= 0.3 is 0 Å². The lowest BCUT2D eigenvalue weighted by Crippen LogP contribution is -2.25. The van der Waals surface area contributed by atoms with E-state index in [2.05, 4.69) is 25.7 Å². The van der Waals surface area contributed by atoms with Gasteiger partial charge in [0.25, 0.3) is 0 Å². The highest BCUT2D eigenvalue weighted by molar-refractivity contribution is 5.39. The fourth-order valence-corrected chi connectivity index (χ4v) is 5.73. The van der Waals surface area contributed by atoms with E-state index in [9.17, 15) is 8.78 Å². The zero-order chi connectivity index (χ0) is 21.3.